The van der Waals surface area contributed by atoms with E-state index in [0.717, 1.165) is 53.2 Å². The van der Waals surface area contributed by atoms with Crippen LogP contribution in [0.3, 0.4) is 0 Å². The third-order valence-electron chi connectivity index (χ3n) is 6.77. The molecular formula is C26H24FN9OS. The molecule has 192 valence electrons. The summed E-state index contributed by atoms with van der Waals surface area (Å²) in [6.45, 7) is 5.45. The van der Waals surface area contributed by atoms with Crippen LogP contribution < -0.4 is 10.6 Å². The highest BCUT2D eigenvalue weighted by molar-refractivity contribution is 7.99. The van der Waals surface area contributed by atoms with E-state index in [1.807, 2.05) is 25.4 Å². The van der Waals surface area contributed by atoms with E-state index >= 15 is 0 Å². The smallest absolute Gasteiger partial charge is 0.324 e. The van der Waals surface area contributed by atoms with Crippen LogP contribution in [0, 0.1) is 31.0 Å². The fourth-order valence-corrected chi connectivity index (χ4v) is 6.03. The predicted molar refractivity (Wildman–Crippen MR) is 140 cm³/mol. The van der Waals surface area contributed by atoms with Gasteiger partial charge in [0.05, 0.1) is 29.7 Å². The number of benzene rings is 1. The normalized spacial score (nSPS) is 15.7. The second-order valence-electron chi connectivity index (χ2n) is 9.29. The molecule has 6 rings (SSSR count). The average Bonchev–Trinajstić information content (AvgIpc) is 3.63. The summed E-state index contributed by atoms with van der Waals surface area (Å²) in [4.78, 5) is 7.94. The van der Waals surface area contributed by atoms with E-state index in [2.05, 4.69) is 37.8 Å². The number of fused-ring (bicyclic) bond motifs is 1. The van der Waals surface area contributed by atoms with E-state index in [4.69, 9.17) is 15.4 Å². The first-order chi connectivity index (χ1) is 18.4. The summed E-state index contributed by atoms with van der Waals surface area (Å²) in [5.74, 6) is 0.165. The molecule has 0 aliphatic carbocycles. The molecule has 0 radical (unpaired) electrons. The summed E-state index contributed by atoms with van der Waals surface area (Å²) in [5, 5.41) is 22.7. The molecule has 1 atom stereocenters. The van der Waals surface area contributed by atoms with E-state index in [1.54, 1.807) is 16.8 Å². The van der Waals surface area contributed by atoms with Crippen molar-refractivity contribution >= 4 is 29.0 Å². The Balaban J connectivity index is 1.36. The van der Waals surface area contributed by atoms with Gasteiger partial charge >= 0.3 is 6.01 Å². The molecule has 1 aliphatic rings. The van der Waals surface area contributed by atoms with Crippen molar-refractivity contribution in [1.82, 2.24) is 29.5 Å². The zero-order valence-electron chi connectivity index (χ0n) is 20.8. The summed E-state index contributed by atoms with van der Waals surface area (Å²) >= 11 is 1.36. The maximum absolute atomic E-state index is 13.7. The van der Waals surface area contributed by atoms with Gasteiger partial charge in [0.2, 0.25) is 0 Å². The minimum Gasteiger partial charge on any atom is -0.396 e. The van der Waals surface area contributed by atoms with Crippen molar-refractivity contribution < 1.29 is 8.91 Å². The van der Waals surface area contributed by atoms with E-state index < -0.39 is 5.82 Å². The van der Waals surface area contributed by atoms with Gasteiger partial charge in [0.15, 0.2) is 5.82 Å². The molecule has 12 heteroatoms. The van der Waals surface area contributed by atoms with Gasteiger partial charge in [-0.2, -0.15) is 20.4 Å². The molecule has 0 amide bonds. The molecule has 0 unspecified atom stereocenters. The summed E-state index contributed by atoms with van der Waals surface area (Å²) in [6.07, 6.45) is 7.37. The van der Waals surface area contributed by atoms with Gasteiger partial charge in [-0.3, -0.25) is 4.68 Å². The number of aromatic nitrogens is 6. The Bertz CT molecular complexity index is 1700. The fourth-order valence-electron chi connectivity index (χ4n) is 4.95. The molecule has 4 aromatic heterocycles. The zero-order chi connectivity index (χ0) is 26.4. The third-order valence-corrected chi connectivity index (χ3v) is 7.88. The number of halogens is 1. The summed E-state index contributed by atoms with van der Waals surface area (Å²) in [5.41, 5.74) is 10.7. The van der Waals surface area contributed by atoms with Crippen LogP contribution in [0.4, 0.5) is 16.1 Å². The van der Waals surface area contributed by atoms with Crippen LogP contribution in [-0.4, -0.2) is 42.6 Å². The molecule has 1 aromatic carbocycles. The highest BCUT2D eigenvalue weighted by atomic mass is 32.2. The molecule has 0 spiro atoms. The number of piperidine rings is 1. The number of hydrogen-bond acceptors (Lipinski definition) is 9. The number of pyridine rings is 1. The summed E-state index contributed by atoms with van der Waals surface area (Å²) < 4.78 is 22.9. The topological polar surface area (TPSA) is 127 Å². The van der Waals surface area contributed by atoms with Gasteiger partial charge in [-0.05, 0) is 51.0 Å². The molecule has 38 heavy (non-hydrogen) atoms. The van der Waals surface area contributed by atoms with E-state index in [9.17, 15) is 9.65 Å². The largest absolute Gasteiger partial charge is 0.396 e. The van der Waals surface area contributed by atoms with Gasteiger partial charge in [-0.1, -0.05) is 16.9 Å². The van der Waals surface area contributed by atoms with Gasteiger partial charge in [-0.25, -0.2) is 8.91 Å². The third kappa shape index (κ3) is 4.24. The van der Waals surface area contributed by atoms with Crippen molar-refractivity contribution in [2.45, 2.75) is 42.5 Å². The lowest BCUT2D eigenvalue weighted by molar-refractivity contribution is 0.341. The van der Waals surface area contributed by atoms with Crippen molar-refractivity contribution in [3.05, 3.63) is 65.8 Å². The van der Waals surface area contributed by atoms with Crippen molar-refractivity contribution in [2.75, 3.05) is 23.7 Å². The quantitative estimate of drug-likeness (QED) is 0.342. The van der Waals surface area contributed by atoms with E-state index in [0.29, 0.717) is 22.4 Å². The second kappa shape index (κ2) is 9.50. The molecule has 1 fully saturated rings. The highest BCUT2D eigenvalue weighted by Crippen LogP contribution is 2.39. The molecular weight excluding hydrogens is 505 g/mol. The van der Waals surface area contributed by atoms with Crippen LogP contribution in [0.2, 0.25) is 0 Å². The molecule has 1 aliphatic heterocycles. The molecule has 0 bridgehead atoms. The Morgan fingerprint density at radius 2 is 2.05 bits per heavy atom. The van der Waals surface area contributed by atoms with Crippen LogP contribution in [-0.2, 0) is 0 Å². The number of nitrogens with two attached hydrogens (primary N) is 1. The SMILES string of the molecule is Cc1noc(N2CCC[C@H](n3ncc(-c4cc(Sc5ccc(F)cc5C#N)c5c(N)cnn5c4)c3C)C2)n1. The van der Waals surface area contributed by atoms with E-state index in [1.165, 1.54) is 23.9 Å². The monoisotopic (exact) mass is 529 g/mol. The number of nitrogen functional groups attached to an aromatic ring is 1. The van der Waals surface area contributed by atoms with Gasteiger partial charge < -0.3 is 15.2 Å². The summed E-state index contributed by atoms with van der Waals surface area (Å²) in [7, 11) is 0. The lowest BCUT2D eigenvalue weighted by Gasteiger charge is -2.32. The van der Waals surface area contributed by atoms with Crippen LogP contribution in [0.5, 0.6) is 0 Å². The number of aryl methyl sites for hydroxylation is 1. The number of hydrogen-bond donors (Lipinski definition) is 1. The first kappa shape index (κ1) is 24.0. The van der Waals surface area contributed by atoms with Crippen LogP contribution in [0.15, 0.2) is 57.2 Å². The van der Waals surface area contributed by atoms with Gasteiger partial charge in [0.25, 0.3) is 0 Å². The van der Waals surface area contributed by atoms with Gasteiger partial charge in [0.1, 0.15) is 17.4 Å². The highest BCUT2D eigenvalue weighted by Gasteiger charge is 2.27. The van der Waals surface area contributed by atoms with E-state index in [-0.39, 0.29) is 11.6 Å². The number of nitriles is 1. The lowest BCUT2D eigenvalue weighted by atomic mass is 10.0. The minimum absolute atomic E-state index is 0.153. The van der Waals surface area contributed by atoms with Crippen LogP contribution >= 0.6 is 11.8 Å². The molecule has 1 saturated heterocycles. The molecule has 5 heterocycles. The van der Waals surface area contributed by atoms with Crippen molar-refractivity contribution in [2.24, 2.45) is 0 Å². The average molecular weight is 530 g/mol. The maximum atomic E-state index is 13.7. The Morgan fingerprint density at radius 3 is 2.84 bits per heavy atom. The van der Waals surface area contributed by atoms with Crippen molar-refractivity contribution in [3.8, 4) is 17.2 Å². The second-order valence-corrected chi connectivity index (χ2v) is 10.4. The Hall–Kier alpha value is -4.37. The van der Waals surface area contributed by atoms with Gasteiger partial charge in [-0.15, -0.1) is 0 Å². The van der Waals surface area contributed by atoms with Crippen LogP contribution in [0.25, 0.3) is 16.6 Å². The first-order valence-electron chi connectivity index (χ1n) is 12.2. The Labute approximate surface area is 221 Å². The molecule has 5 aromatic rings. The minimum atomic E-state index is -0.452. The van der Waals surface area contributed by atoms with Crippen LogP contribution in [0.1, 0.15) is 36.0 Å². The molecule has 2 N–H and O–H groups in total. The Morgan fingerprint density at radius 1 is 1.18 bits per heavy atom. The fraction of sp³-hybridized carbons (Fsp3) is 0.269. The molecule has 0 saturated carbocycles. The standard InChI is InChI=1S/C26H24FN9OS/c1-15-21(11-31-36(15)20-4-3-7-34(14-20)26-32-16(2)33-37-26)18-9-24(25-22(29)12-30-35(25)13-18)38-23-6-5-19(27)8-17(23)10-28/h5-6,8-9,11-13,20H,3-4,7,14,29H2,1-2H3/t20-/m0/s1. The number of nitrogens with zero attached hydrogens (tertiary/aromatic N) is 8. The van der Waals surface area contributed by atoms with Crippen molar-refractivity contribution in [3.63, 3.8) is 0 Å². The van der Waals surface area contributed by atoms with Gasteiger partial charge in [0, 0.05) is 45.9 Å². The molecule has 10 nitrogen and oxygen atoms in total. The lowest BCUT2D eigenvalue weighted by Crippen LogP contribution is -2.37. The number of rotatable bonds is 5. The number of anilines is 2. The predicted octanol–water partition coefficient (Wildman–Crippen LogP) is 4.78. The zero-order valence-corrected chi connectivity index (χ0v) is 21.6. The Kier molecular flexibility index (Phi) is 6.00. The maximum Gasteiger partial charge on any atom is 0.324 e. The summed E-state index contributed by atoms with van der Waals surface area (Å²) in [6, 6.07) is 8.98. The first-order valence-corrected chi connectivity index (χ1v) is 13.0. The van der Waals surface area contributed by atoms with Crippen molar-refractivity contribution in [1.29, 1.82) is 5.26 Å².